The Balaban J connectivity index is 1.74. The molecular weight excluding hydrogens is 286 g/mol. The smallest absolute Gasteiger partial charge is 0.162 e. The molecule has 0 fully saturated rings. The Labute approximate surface area is 128 Å². The van der Waals surface area contributed by atoms with Crippen molar-refractivity contribution in [3.63, 3.8) is 0 Å². The number of hydrogen-bond acceptors (Lipinski definition) is 6. The van der Waals surface area contributed by atoms with Crippen molar-refractivity contribution in [1.82, 2.24) is 9.97 Å². The van der Waals surface area contributed by atoms with Crippen LogP contribution >= 0.6 is 11.8 Å². The van der Waals surface area contributed by atoms with Crippen LogP contribution in [-0.2, 0) is 0 Å². The lowest BCUT2D eigenvalue weighted by Gasteiger charge is -2.18. The molecule has 1 aliphatic rings. The number of nitrogens with zero attached hydrogens (tertiary/aromatic N) is 2. The average Bonchev–Trinajstić information content (AvgIpc) is 2.53. The molecule has 0 spiro atoms. The highest BCUT2D eigenvalue weighted by Crippen LogP contribution is 2.36. The summed E-state index contributed by atoms with van der Waals surface area (Å²) < 4.78 is 11.1. The minimum atomic E-state index is 0.595. The largest absolute Gasteiger partial charge is 0.486 e. The van der Waals surface area contributed by atoms with E-state index in [1.165, 1.54) is 0 Å². The first-order valence-corrected chi connectivity index (χ1v) is 7.80. The van der Waals surface area contributed by atoms with Crippen LogP contribution in [0.1, 0.15) is 13.3 Å². The van der Waals surface area contributed by atoms with Gasteiger partial charge in [0.05, 0.1) is 12.4 Å². The monoisotopic (exact) mass is 303 g/mol. The molecule has 1 aliphatic heterocycles. The number of anilines is 1. The summed E-state index contributed by atoms with van der Waals surface area (Å²) >= 11 is 1.56. The topological polar surface area (TPSA) is 56.3 Å². The van der Waals surface area contributed by atoms with E-state index >= 15 is 0 Å². The summed E-state index contributed by atoms with van der Waals surface area (Å²) in [5.74, 6) is 2.40. The Morgan fingerprint density at radius 2 is 2.05 bits per heavy atom. The van der Waals surface area contributed by atoms with Gasteiger partial charge >= 0.3 is 0 Å². The molecule has 0 unspecified atom stereocenters. The molecule has 1 aromatic heterocycles. The summed E-state index contributed by atoms with van der Waals surface area (Å²) in [5.41, 5.74) is 0. The van der Waals surface area contributed by atoms with E-state index in [0.29, 0.717) is 13.2 Å². The molecule has 2 heterocycles. The van der Waals surface area contributed by atoms with Crippen molar-refractivity contribution in [1.29, 1.82) is 0 Å². The molecule has 2 aromatic rings. The fraction of sp³-hybridized carbons (Fsp3) is 0.333. The van der Waals surface area contributed by atoms with Gasteiger partial charge in [0.1, 0.15) is 24.1 Å². The third-order valence-corrected chi connectivity index (χ3v) is 3.80. The first kappa shape index (κ1) is 14.0. The maximum Gasteiger partial charge on any atom is 0.162 e. The highest BCUT2D eigenvalue weighted by atomic mass is 32.2. The molecule has 0 atom stereocenters. The maximum atomic E-state index is 5.59. The van der Waals surface area contributed by atoms with Gasteiger partial charge in [0.25, 0.3) is 0 Å². The van der Waals surface area contributed by atoms with E-state index in [1.807, 2.05) is 18.2 Å². The molecule has 0 radical (unpaired) electrons. The van der Waals surface area contributed by atoms with Crippen molar-refractivity contribution < 1.29 is 9.47 Å². The average molecular weight is 303 g/mol. The molecule has 21 heavy (non-hydrogen) atoms. The highest BCUT2D eigenvalue weighted by molar-refractivity contribution is 7.99. The summed E-state index contributed by atoms with van der Waals surface area (Å²) in [7, 11) is 0. The van der Waals surface area contributed by atoms with Crippen LogP contribution in [0, 0.1) is 0 Å². The molecule has 0 saturated carbocycles. The fourth-order valence-electron chi connectivity index (χ4n) is 1.94. The summed E-state index contributed by atoms with van der Waals surface area (Å²) in [6.45, 7) is 4.22. The second-order valence-electron chi connectivity index (χ2n) is 4.58. The number of benzene rings is 1. The summed E-state index contributed by atoms with van der Waals surface area (Å²) in [5, 5.41) is 4.09. The number of rotatable bonds is 5. The molecule has 3 rings (SSSR count). The Morgan fingerprint density at radius 1 is 1.19 bits per heavy atom. The van der Waals surface area contributed by atoms with Crippen LogP contribution in [0.4, 0.5) is 5.82 Å². The van der Waals surface area contributed by atoms with Crippen LogP contribution in [0.3, 0.4) is 0 Å². The lowest BCUT2D eigenvalue weighted by molar-refractivity contribution is 0.171. The van der Waals surface area contributed by atoms with Crippen LogP contribution in [0.25, 0.3) is 0 Å². The van der Waals surface area contributed by atoms with Crippen molar-refractivity contribution in [2.75, 3.05) is 25.1 Å². The first-order chi connectivity index (χ1) is 10.3. The van der Waals surface area contributed by atoms with Gasteiger partial charge in [-0.2, -0.15) is 0 Å². The number of ether oxygens (including phenoxy) is 2. The van der Waals surface area contributed by atoms with Crippen LogP contribution in [-0.4, -0.2) is 29.7 Å². The van der Waals surface area contributed by atoms with E-state index in [2.05, 4.69) is 22.2 Å². The van der Waals surface area contributed by atoms with E-state index in [9.17, 15) is 0 Å². The van der Waals surface area contributed by atoms with Crippen molar-refractivity contribution in [2.24, 2.45) is 0 Å². The molecule has 0 aliphatic carbocycles. The summed E-state index contributed by atoms with van der Waals surface area (Å²) in [6, 6.07) is 5.92. The molecule has 6 heteroatoms. The van der Waals surface area contributed by atoms with Gasteiger partial charge in [-0.1, -0.05) is 18.7 Å². The van der Waals surface area contributed by atoms with E-state index in [4.69, 9.17) is 9.47 Å². The van der Waals surface area contributed by atoms with Crippen LogP contribution in [0.15, 0.2) is 40.5 Å². The third-order valence-electron chi connectivity index (χ3n) is 2.90. The van der Waals surface area contributed by atoms with Crippen LogP contribution in [0.2, 0.25) is 0 Å². The minimum absolute atomic E-state index is 0.595. The zero-order valence-corrected chi connectivity index (χ0v) is 12.7. The Bertz CT molecular complexity index is 622. The minimum Gasteiger partial charge on any atom is -0.486 e. The molecule has 0 saturated heterocycles. The first-order valence-electron chi connectivity index (χ1n) is 6.98. The van der Waals surface area contributed by atoms with Crippen molar-refractivity contribution in [2.45, 2.75) is 23.3 Å². The predicted molar refractivity (Wildman–Crippen MR) is 82.4 cm³/mol. The summed E-state index contributed by atoms with van der Waals surface area (Å²) in [4.78, 5) is 9.81. The van der Waals surface area contributed by atoms with E-state index in [0.717, 1.165) is 40.2 Å². The maximum absolute atomic E-state index is 5.59. The number of aromatic nitrogens is 2. The summed E-state index contributed by atoms with van der Waals surface area (Å²) in [6.07, 6.45) is 4.56. The van der Waals surface area contributed by atoms with Crippen LogP contribution in [0.5, 0.6) is 11.5 Å². The lowest BCUT2D eigenvalue weighted by Crippen LogP contribution is -2.15. The van der Waals surface area contributed by atoms with Gasteiger partial charge in [0.2, 0.25) is 0 Å². The van der Waals surface area contributed by atoms with Crippen molar-refractivity contribution >= 4 is 17.6 Å². The Hall–Kier alpha value is -1.95. The Morgan fingerprint density at radius 3 is 2.90 bits per heavy atom. The second kappa shape index (κ2) is 6.67. The van der Waals surface area contributed by atoms with Gasteiger partial charge in [-0.05, 0) is 24.6 Å². The van der Waals surface area contributed by atoms with Gasteiger partial charge in [0.15, 0.2) is 11.5 Å². The number of fused-ring (bicyclic) bond motifs is 1. The highest BCUT2D eigenvalue weighted by Gasteiger charge is 2.12. The normalized spacial score (nSPS) is 13.0. The van der Waals surface area contributed by atoms with Gasteiger partial charge in [-0.15, -0.1) is 0 Å². The van der Waals surface area contributed by atoms with Gasteiger partial charge in [-0.25, -0.2) is 4.98 Å². The fourth-order valence-corrected chi connectivity index (χ4v) is 2.74. The van der Waals surface area contributed by atoms with Crippen molar-refractivity contribution in [3.05, 3.63) is 30.6 Å². The lowest BCUT2D eigenvalue weighted by atomic mass is 10.3. The molecule has 1 aromatic carbocycles. The molecule has 0 amide bonds. The van der Waals surface area contributed by atoms with E-state index in [-0.39, 0.29) is 0 Å². The van der Waals surface area contributed by atoms with Gasteiger partial charge < -0.3 is 14.8 Å². The van der Waals surface area contributed by atoms with Gasteiger partial charge in [0, 0.05) is 11.4 Å². The van der Waals surface area contributed by atoms with E-state index < -0.39 is 0 Å². The van der Waals surface area contributed by atoms with Crippen molar-refractivity contribution in [3.8, 4) is 11.5 Å². The molecule has 1 N–H and O–H groups in total. The molecule has 110 valence electrons. The van der Waals surface area contributed by atoms with E-state index in [1.54, 1.807) is 24.2 Å². The number of nitrogens with one attached hydrogen (secondary N) is 1. The Kier molecular flexibility index (Phi) is 4.45. The zero-order valence-electron chi connectivity index (χ0n) is 11.8. The third kappa shape index (κ3) is 3.58. The quantitative estimate of drug-likeness (QED) is 0.915. The molecular formula is C15H17N3O2S. The predicted octanol–water partition coefficient (Wildman–Crippen LogP) is 3.22. The van der Waals surface area contributed by atoms with Crippen LogP contribution < -0.4 is 14.8 Å². The standard InChI is InChI=1S/C15H17N3O2S/c1-2-5-17-14-9-16-10-15(18-14)21-11-3-4-12-13(8-11)20-7-6-19-12/h3-4,8-10H,2,5-7H2,1H3,(H,17,18). The zero-order chi connectivity index (χ0) is 14.5. The molecule has 0 bridgehead atoms. The molecule has 5 nitrogen and oxygen atoms in total. The number of hydrogen-bond donors (Lipinski definition) is 1. The second-order valence-corrected chi connectivity index (χ2v) is 5.67. The SMILES string of the molecule is CCCNc1cncc(Sc2ccc3c(c2)OCCO3)n1. The van der Waals surface area contributed by atoms with Gasteiger partial charge in [-0.3, -0.25) is 4.98 Å².